The van der Waals surface area contributed by atoms with Crippen molar-refractivity contribution in [3.63, 3.8) is 0 Å². The van der Waals surface area contributed by atoms with E-state index < -0.39 is 17.6 Å². The quantitative estimate of drug-likeness (QED) is 0.111. The highest BCUT2D eigenvalue weighted by molar-refractivity contribution is 6.35. The van der Waals surface area contributed by atoms with E-state index in [9.17, 15) is 27.6 Å². The number of alkyl halides is 3. The van der Waals surface area contributed by atoms with Crippen molar-refractivity contribution in [3.8, 4) is 11.5 Å². The number of nitrogens with zero attached hydrogens (tertiary/aromatic N) is 1. The molecule has 12 heteroatoms. The van der Waals surface area contributed by atoms with Crippen LogP contribution in [-0.4, -0.2) is 54.8 Å². The molecule has 0 saturated heterocycles. The minimum atomic E-state index is -4.57. The Hall–Kier alpha value is -5.36. The molecule has 1 aliphatic heterocycles. The first-order valence-corrected chi connectivity index (χ1v) is 14.9. The maximum atomic E-state index is 13.1. The normalized spacial score (nSPS) is 13.4. The standard InChI is InChI=1S/C35H34F3N5O4/c1-20-29(40-21(2)31(20)34(46)39-14-7-15-43(3)4)19-28-27-13-12-26(18-30(27)42-33(28)45)47-25-11-6-10-24(17-25)41-32(44)22-8-5-9-23(16-22)35(36,37)38/h5-6,8-13,16-19,40H,7,14-15H2,1-4H3,(H,39,46)(H,41,44)(H,42,45)/b28-19-. The van der Waals surface area contributed by atoms with Crippen LogP contribution in [0.4, 0.5) is 24.5 Å². The Labute approximate surface area is 269 Å². The van der Waals surface area contributed by atoms with Gasteiger partial charge < -0.3 is 30.6 Å². The summed E-state index contributed by atoms with van der Waals surface area (Å²) in [4.78, 5) is 43.8. The number of amides is 3. The van der Waals surface area contributed by atoms with E-state index in [-0.39, 0.29) is 17.4 Å². The van der Waals surface area contributed by atoms with Crippen molar-refractivity contribution in [2.45, 2.75) is 26.4 Å². The first-order valence-electron chi connectivity index (χ1n) is 14.9. The molecule has 9 nitrogen and oxygen atoms in total. The molecular formula is C35H34F3N5O4. The fourth-order valence-electron chi connectivity index (χ4n) is 5.28. The number of hydrogen-bond acceptors (Lipinski definition) is 5. The first kappa shape index (κ1) is 33.0. The highest BCUT2D eigenvalue weighted by Crippen LogP contribution is 2.38. The van der Waals surface area contributed by atoms with Gasteiger partial charge in [-0.25, -0.2) is 0 Å². The van der Waals surface area contributed by atoms with Gasteiger partial charge in [-0.2, -0.15) is 13.2 Å². The van der Waals surface area contributed by atoms with Gasteiger partial charge in [0.05, 0.1) is 22.4 Å². The summed E-state index contributed by atoms with van der Waals surface area (Å²) in [6.45, 7) is 5.07. The zero-order valence-corrected chi connectivity index (χ0v) is 26.3. The lowest BCUT2D eigenvalue weighted by molar-refractivity contribution is -0.137. The number of fused-ring (bicyclic) bond motifs is 1. The number of benzene rings is 3. The third-order valence-electron chi connectivity index (χ3n) is 7.61. The lowest BCUT2D eigenvalue weighted by Gasteiger charge is -2.11. The molecule has 244 valence electrons. The second-order valence-corrected chi connectivity index (χ2v) is 11.5. The largest absolute Gasteiger partial charge is 0.457 e. The third-order valence-corrected chi connectivity index (χ3v) is 7.61. The minimum Gasteiger partial charge on any atom is -0.457 e. The van der Waals surface area contributed by atoms with E-state index in [2.05, 4.69) is 25.8 Å². The number of aromatic amines is 1. The van der Waals surface area contributed by atoms with Crippen LogP contribution in [0.25, 0.3) is 11.6 Å². The summed E-state index contributed by atoms with van der Waals surface area (Å²) in [7, 11) is 3.96. The molecule has 3 amide bonds. The van der Waals surface area contributed by atoms with Crippen LogP contribution in [0, 0.1) is 13.8 Å². The molecule has 47 heavy (non-hydrogen) atoms. The van der Waals surface area contributed by atoms with E-state index in [1.54, 1.807) is 42.5 Å². The first-order chi connectivity index (χ1) is 22.3. The minimum absolute atomic E-state index is 0.135. The van der Waals surface area contributed by atoms with Crippen LogP contribution >= 0.6 is 0 Å². The molecule has 2 heterocycles. The molecule has 5 rings (SSSR count). The van der Waals surface area contributed by atoms with Crippen molar-refractivity contribution >= 4 is 40.7 Å². The molecule has 4 aromatic rings. The van der Waals surface area contributed by atoms with E-state index in [1.807, 2.05) is 27.9 Å². The summed E-state index contributed by atoms with van der Waals surface area (Å²) >= 11 is 0. The molecule has 0 saturated carbocycles. The van der Waals surface area contributed by atoms with E-state index in [1.165, 1.54) is 18.2 Å². The van der Waals surface area contributed by atoms with Gasteiger partial charge in [0.2, 0.25) is 0 Å². The van der Waals surface area contributed by atoms with Gasteiger partial charge in [0.25, 0.3) is 17.7 Å². The fraction of sp³-hybridized carbons (Fsp3) is 0.229. The number of hydrogen-bond donors (Lipinski definition) is 4. The predicted octanol–water partition coefficient (Wildman–Crippen LogP) is 6.87. The van der Waals surface area contributed by atoms with Gasteiger partial charge in [0, 0.05) is 46.9 Å². The number of nitrogens with one attached hydrogen (secondary N) is 4. The Morgan fingerprint density at radius 3 is 2.45 bits per heavy atom. The van der Waals surface area contributed by atoms with Crippen LogP contribution in [0.1, 0.15) is 55.2 Å². The number of aryl methyl sites for hydroxylation is 1. The molecule has 0 aliphatic carbocycles. The lowest BCUT2D eigenvalue weighted by atomic mass is 10.0. The Morgan fingerprint density at radius 1 is 0.957 bits per heavy atom. The van der Waals surface area contributed by atoms with Crippen LogP contribution in [-0.2, 0) is 11.0 Å². The molecule has 0 atom stereocenters. The Bertz CT molecular complexity index is 1880. The zero-order chi connectivity index (χ0) is 33.9. The predicted molar refractivity (Wildman–Crippen MR) is 175 cm³/mol. The summed E-state index contributed by atoms with van der Waals surface area (Å²) in [6.07, 6.45) is -2.02. The Balaban J connectivity index is 1.29. The topological polar surface area (TPSA) is 116 Å². The second kappa shape index (κ2) is 13.6. The highest BCUT2D eigenvalue weighted by atomic mass is 19.4. The second-order valence-electron chi connectivity index (χ2n) is 11.5. The summed E-state index contributed by atoms with van der Waals surface area (Å²) in [5, 5.41) is 8.41. The van der Waals surface area contributed by atoms with Crippen molar-refractivity contribution < 1.29 is 32.3 Å². The number of rotatable bonds is 10. The monoisotopic (exact) mass is 645 g/mol. The van der Waals surface area contributed by atoms with Crippen LogP contribution in [0.3, 0.4) is 0 Å². The van der Waals surface area contributed by atoms with Crippen molar-refractivity contribution in [2.75, 3.05) is 37.8 Å². The molecule has 0 unspecified atom stereocenters. The van der Waals surface area contributed by atoms with Gasteiger partial charge in [-0.15, -0.1) is 0 Å². The van der Waals surface area contributed by atoms with Crippen molar-refractivity contribution in [1.82, 2.24) is 15.2 Å². The van der Waals surface area contributed by atoms with Gasteiger partial charge in [-0.05, 0) is 95.0 Å². The Morgan fingerprint density at radius 2 is 1.70 bits per heavy atom. The van der Waals surface area contributed by atoms with E-state index in [0.29, 0.717) is 57.5 Å². The highest BCUT2D eigenvalue weighted by Gasteiger charge is 2.31. The maximum Gasteiger partial charge on any atom is 0.416 e. The molecule has 0 bridgehead atoms. The average molecular weight is 646 g/mol. The number of halogens is 3. The van der Waals surface area contributed by atoms with Crippen molar-refractivity contribution in [1.29, 1.82) is 0 Å². The molecule has 4 N–H and O–H groups in total. The van der Waals surface area contributed by atoms with Crippen LogP contribution in [0.5, 0.6) is 11.5 Å². The van der Waals surface area contributed by atoms with Gasteiger partial charge in [0.1, 0.15) is 11.5 Å². The number of carbonyl (C=O) groups is 3. The molecule has 0 radical (unpaired) electrons. The maximum absolute atomic E-state index is 13.1. The smallest absolute Gasteiger partial charge is 0.416 e. The molecule has 0 fully saturated rings. The fourth-order valence-corrected chi connectivity index (χ4v) is 5.28. The summed E-state index contributed by atoms with van der Waals surface area (Å²) < 4.78 is 45.2. The molecule has 1 aromatic heterocycles. The number of ether oxygens (including phenoxy) is 1. The summed E-state index contributed by atoms with van der Waals surface area (Å²) in [5.41, 5.74) is 3.54. The van der Waals surface area contributed by atoms with Crippen LogP contribution in [0.2, 0.25) is 0 Å². The number of aromatic nitrogens is 1. The third kappa shape index (κ3) is 7.72. The van der Waals surface area contributed by atoms with Crippen molar-refractivity contribution in [3.05, 3.63) is 106 Å². The van der Waals surface area contributed by atoms with Gasteiger partial charge in [-0.1, -0.05) is 12.1 Å². The van der Waals surface area contributed by atoms with Crippen LogP contribution < -0.4 is 20.7 Å². The zero-order valence-electron chi connectivity index (χ0n) is 26.3. The molecule has 1 aliphatic rings. The SMILES string of the molecule is Cc1[nH]c(/C=C2\C(=O)Nc3cc(Oc4cccc(NC(=O)c5cccc(C(F)(F)F)c5)c4)ccc32)c(C)c1C(=O)NCCCN(C)C. The van der Waals surface area contributed by atoms with E-state index >= 15 is 0 Å². The molecule has 3 aromatic carbocycles. The van der Waals surface area contributed by atoms with E-state index in [0.717, 1.165) is 30.7 Å². The average Bonchev–Trinajstić information content (AvgIpc) is 3.47. The van der Waals surface area contributed by atoms with Crippen LogP contribution in [0.15, 0.2) is 66.7 Å². The lowest BCUT2D eigenvalue weighted by Crippen LogP contribution is -2.27. The van der Waals surface area contributed by atoms with Gasteiger partial charge in [0.15, 0.2) is 0 Å². The summed E-state index contributed by atoms with van der Waals surface area (Å²) in [5.74, 6) is -0.411. The number of H-pyrrole nitrogens is 1. The van der Waals surface area contributed by atoms with Gasteiger partial charge in [-0.3, -0.25) is 14.4 Å². The van der Waals surface area contributed by atoms with Crippen molar-refractivity contribution in [2.24, 2.45) is 0 Å². The van der Waals surface area contributed by atoms with Gasteiger partial charge >= 0.3 is 6.18 Å². The Kier molecular flexibility index (Phi) is 9.52. The summed E-state index contributed by atoms with van der Waals surface area (Å²) in [6, 6.07) is 15.7. The van der Waals surface area contributed by atoms with E-state index in [4.69, 9.17) is 4.74 Å². The number of carbonyl (C=O) groups excluding carboxylic acids is 3. The number of anilines is 2. The molecule has 0 spiro atoms. The molecular weight excluding hydrogens is 611 g/mol.